The van der Waals surface area contributed by atoms with Crippen LogP contribution in [0.1, 0.15) is 44.9 Å². The van der Waals surface area contributed by atoms with Crippen molar-refractivity contribution in [2.45, 2.75) is 63.6 Å². The van der Waals surface area contributed by atoms with Crippen molar-refractivity contribution in [1.29, 1.82) is 0 Å². The van der Waals surface area contributed by atoms with Crippen LogP contribution in [0.3, 0.4) is 0 Å². The summed E-state index contributed by atoms with van der Waals surface area (Å²) in [5.41, 5.74) is 6.93. The summed E-state index contributed by atoms with van der Waals surface area (Å²) >= 11 is 0. The van der Waals surface area contributed by atoms with Crippen LogP contribution in [0.2, 0.25) is 0 Å². The van der Waals surface area contributed by atoms with E-state index in [0.29, 0.717) is 11.8 Å². The zero-order valence-corrected chi connectivity index (χ0v) is 23.1. The van der Waals surface area contributed by atoms with Crippen LogP contribution in [-0.4, -0.2) is 47.5 Å². The Morgan fingerprint density at radius 2 is 1.80 bits per heavy atom. The number of carbonyl (C=O) groups excluding carboxylic acids is 4. The van der Waals surface area contributed by atoms with Gasteiger partial charge in [-0.1, -0.05) is 6.08 Å². The van der Waals surface area contributed by atoms with Gasteiger partial charge >= 0.3 is 5.97 Å². The van der Waals surface area contributed by atoms with Gasteiger partial charge in [0.1, 0.15) is 24.0 Å². The first kappa shape index (κ1) is 29.8. The summed E-state index contributed by atoms with van der Waals surface area (Å²) in [5, 5.41) is 8.24. The summed E-state index contributed by atoms with van der Waals surface area (Å²) in [6.07, 6.45) is 11.6. The van der Waals surface area contributed by atoms with Crippen LogP contribution in [0.4, 0.5) is 5.69 Å². The largest absolute Gasteiger partial charge is 0.466 e. The van der Waals surface area contributed by atoms with Crippen LogP contribution >= 0.6 is 0 Å². The number of nitrogens with two attached hydrogens (primary N) is 2. The minimum absolute atomic E-state index is 0.0450. The van der Waals surface area contributed by atoms with Crippen LogP contribution in [0.5, 0.6) is 0 Å². The summed E-state index contributed by atoms with van der Waals surface area (Å²) in [6.45, 7) is -0.169. The third-order valence-electron chi connectivity index (χ3n) is 8.35. The molecule has 4 aliphatic carbocycles. The van der Waals surface area contributed by atoms with Crippen LogP contribution in [0.25, 0.3) is 0 Å². The van der Waals surface area contributed by atoms with E-state index in [1.54, 1.807) is 6.07 Å². The van der Waals surface area contributed by atoms with Gasteiger partial charge in [-0.2, -0.15) is 0 Å². The molecule has 0 aliphatic heterocycles. The molecule has 4 fully saturated rings. The number of aromatic nitrogens is 1. The minimum Gasteiger partial charge on any atom is -0.466 e. The predicted octanol–water partition coefficient (Wildman–Crippen LogP) is -0.0147. The standard InChI is InChI=1S/C28H39N7O6/c1-41-24(37)7-3-2-5-21(32-26(38)20(29)14-31-30)27(39)33-22-6-4-8-35(28(22)40)15-23(36)34-25-18-10-16-9-17(12-18)13-19(25)11-16/h3-4,6-8,14,16-19,21,25,31H,2,5,9-13,15,29-30H2,1H3,(H,32,38)(H,33,39)(H,34,36)/b7-3+,20-14-/t16?,17?,18?,19?,21-,25?/m0/s1. The number of amides is 3. The van der Waals surface area contributed by atoms with Gasteiger partial charge < -0.3 is 36.4 Å². The highest BCUT2D eigenvalue weighted by molar-refractivity contribution is 6.00. The van der Waals surface area contributed by atoms with Gasteiger partial charge in [0.15, 0.2) is 0 Å². The highest BCUT2D eigenvalue weighted by Gasteiger charge is 2.48. The molecule has 41 heavy (non-hydrogen) atoms. The van der Waals surface area contributed by atoms with E-state index < -0.39 is 29.4 Å². The molecule has 0 unspecified atom stereocenters. The fourth-order valence-corrected chi connectivity index (χ4v) is 6.70. The summed E-state index contributed by atoms with van der Waals surface area (Å²) in [7, 11) is 1.24. The second kappa shape index (κ2) is 13.5. The third-order valence-corrected chi connectivity index (χ3v) is 8.35. The SMILES string of the molecule is COC(=O)/C=C/CC[C@H](NC(=O)/C(N)=C/NN)C(=O)Nc1cccn(CC(=O)NC2C3CC4CC(C3)CC2C4)c1=O. The molecule has 8 N–H and O–H groups in total. The average Bonchev–Trinajstić information content (AvgIpc) is 2.93. The Morgan fingerprint density at radius 1 is 1.12 bits per heavy atom. The molecule has 5 rings (SSSR count). The van der Waals surface area contributed by atoms with Gasteiger partial charge in [-0.3, -0.25) is 25.0 Å². The Kier molecular flexibility index (Phi) is 9.82. The van der Waals surface area contributed by atoms with Crippen molar-refractivity contribution >= 4 is 29.4 Å². The molecule has 4 saturated carbocycles. The molecule has 1 aromatic rings. The first-order valence-electron chi connectivity index (χ1n) is 13.9. The lowest BCUT2D eigenvalue weighted by Crippen LogP contribution is -2.56. The van der Waals surface area contributed by atoms with Gasteiger partial charge in [-0.25, -0.2) is 4.79 Å². The zero-order valence-electron chi connectivity index (χ0n) is 23.1. The van der Waals surface area contributed by atoms with Crippen LogP contribution in [0.15, 0.2) is 47.2 Å². The Labute approximate surface area is 238 Å². The maximum Gasteiger partial charge on any atom is 0.330 e. The molecule has 13 heteroatoms. The number of ether oxygens (including phenoxy) is 1. The van der Waals surface area contributed by atoms with Crippen molar-refractivity contribution in [2.24, 2.45) is 35.2 Å². The van der Waals surface area contributed by atoms with Crippen molar-refractivity contribution in [3.8, 4) is 0 Å². The van der Waals surface area contributed by atoms with Crippen molar-refractivity contribution in [2.75, 3.05) is 12.4 Å². The number of rotatable bonds is 12. The number of hydrogen-bond donors (Lipinski definition) is 6. The zero-order chi connectivity index (χ0) is 29.5. The van der Waals surface area contributed by atoms with Crippen LogP contribution in [0, 0.1) is 23.7 Å². The van der Waals surface area contributed by atoms with Crippen LogP contribution < -0.4 is 38.5 Å². The average molecular weight is 570 g/mol. The quantitative estimate of drug-likeness (QED) is 0.0866. The number of nitrogens with zero attached hydrogens (tertiary/aromatic N) is 1. The van der Waals surface area contributed by atoms with Crippen molar-refractivity contribution < 1.29 is 23.9 Å². The van der Waals surface area contributed by atoms with Crippen molar-refractivity contribution in [3.05, 3.63) is 52.7 Å². The molecule has 0 aromatic carbocycles. The lowest BCUT2D eigenvalue weighted by Gasteiger charge is -2.54. The van der Waals surface area contributed by atoms with E-state index in [-0.39, 0.29) is 42.7 Å². The molecule has 3 amide bonds. The fraction of sp³-hybridized carbons (Fsp3) is 0.536. The van der Waals surface area contributed by atoms with E-state index in [2.05, 4.69) is 26.1 Å². The van der Waals surface area contributed by atoms with Gasteiger partial charge in [-0.15, -0.1) is 0 Å². The van der Waals surface area contributed by atoms with Crippen LogP contribution in [-0.2, 0) is 30.5 Å². The number of carbonyl (C=O) groups is 4. The minimum atomic E-state index is -1.11. The first-order chi connectivity index (χ1) is 19.7. The van der Waals surface area contributed by atoms with E-state index in [4.69, 9.17) is 11.6 Å². The Balaban J connectivity index is 1.40. The maximum atomic E-state index is 13.2. The van der Waals surface area contributed by atoms with Crippen molar-refractivity contribution in [3.63, 3.8) is 0 Å². The molecule has 4 bridgehead atoms. The molecular formula is C28H39N7O6. The van der Waals surface area contributed by atoms with Gasteiger partial charge in [0.25, 0.3) is 11.5 Å². The molecule has 0 radical (unpaired) electrons. The number of methoxy groups -OCH3 is 1. The molecule has 1 heterocycles. The number of allylic oxidation sites excluding steroid dienone is 1. The molecule has 0 spiro atoms. The van der Waals surface area contributed by atoms with Gasteiger partial charge in [0, 0.05) is 24.5 Å². The smallest absolute Gasteiger partial charge is 0.330 e. The summed E-state index contributed by atoms with van der Waals surface area (Å²) in [6, 6.07) is 2.04. The lowest BCUT2D eigenvalue weighted by molar-refractivity contribution is -0.135. The van der Waals surface area contributed by atoms with E-state index >= 15 is 0 Å². The maximum absolute atomic E-state index is 13.2. The number of nitrogens with one attached hydrogen (secondary N) is 4. The molecule has 222 valence electrons. The Bertz CT molecular complexity index is 1240. The molecule has 13 nitrogen and oxygen atoms in total. The number of esters is 1. The normalized spacial score (nSPS) is 25.4. The molecular weight excluding hydrogens is 530 g/mol. The van der Waals surface area contributed by atoms with Gasteiger partial charge in [0.05, 0.1) is 7.11 Å². The van der Waals surface area contributed by atoms with Gasteiger partial charge in [0.2, 0.25) is 11.8 Å². The second-order valence-electron chi connectivity index (χ2n) is 11.2. The number of hydrazine groups is 1. The highest BCUT2D eigenvalue weighted by Crippen LogP contribution is 2.53. The van der Waals surface area contributed by atoms with Crippen molar-refractivity contribution in [1.82, 2.24) is 20.6 Å². The predicted molar refractivity (Wildman–Crippen MR) is 150 cm³/mol. The van der Waals surface area contributed by atoms with E-state index in [1.165, 1.54) is 68.2 Å². The Morgan fingerprint density at radius 3 is 2.44 bits per heavy atom. The summed E-state index contributed by atoms with van der Waals surface area (Å²) < 4.78 is 5.79. The van der Waals surface area contributed by atoms with Gasteiger partial charge in [-0.05, 0) is 80.8 Å². The number of pyridine rings is 1. The highest BCUT2D eigenvalue weighted by atomic mass is 16.5. The molecule has 4 aliphatic rings. The van der Waals surface area contributed by atoms with E-state index in [0.717, 1.165) is 18.0 Å². The Hall–Kier alpha value is -4.13. The molecule has 1 atom stereocenters. The topological polar surface area (TPSA) is 200 Å². The second-order valence-corrected chi connectivity index (χ2v) is 11.2. The number of anilines is 1. The fourth-order valence-electron chi connectivity index (χ4n) is 6.70. The first-order valence-corrected chi connectivity index (χ1v) is 13.9. The van der Waals surface area contributed by atoms with E-state index in [9.17, 15) is 24.0 Å². The summed E-state index contributed by atoms with van der Waals surface area (Å²) in [4.78, 5) is 63.0. The molecule has 0 saturated heterocycles. The number of hydrogen-bond acceptors (Lipinski definition) is 9. The molecule has 1 aromatic heterocycles. The summed E-state index contributed by atoms with van der Waals surface area (Å²) in [5.74, 6) is 5.54. The monoisotopic (exact) mass is 569 g/mol. The lowest BCUT2D eigenvalue weighted by atomic mass is 9.54. The third kappa shape index (κ3) is 7.54. The van der Waals surface area contributed by atoms with E-state index in [1.807, 2.05) is 0 Å².